The molecule has 0 amide bonds. The standard InChI is InChI=1S/C14H14ClFN2O2S/c1-18(10-11-3-2-6-17-9-11)21(19,20)13-4-5-14(16)12(7-13)8-15/h2-7,9H,8,10H2,1H3. The Hall–Kier alpha value is -1.50. The Kier molecular flexibility index (Phi) is 4.92. The highest BCUT2D eigenvalue weighted by Gasteiger charge is 2.22. The summed E-state index contributed by atoms with van der Waals surface area (Å²) in [7, 11) is -2.24. The second-order valence-corrected chi connectivity index (χ2v) is 6.82. The van der Waals surface area contributed by atoms with Crippen LogP contribution in [0.2, 0.25) is 0 Å². The highest BCUT2D eigenvalue weighted by atomic mass is 35.5. The molecule has 0 atom stereocenters. The zero-order valence-electron chi connectivity index (χ0n) is 11.3. The Bertz CT molecular complexity index is 723. The molecule has 0 saturated heterocycles. The van der Waals surface area contributed by atoms with Gasteiger partial charge in [0.25, 0.3) is 0 Å². The second-order valence-electron chi connectivity index (χ2n) is 4.51. The van der Waals surface area contributed by atoms with Crippen LogP contribution in [0.4, 0.5) is 4.39 Å². The zero-order valence-corrected chi connectivity index (χ0v) is 12.9. The van der Waals surface area contributed by atoms with E-state index in [4.69, 9.17) is 11.6 Å². The minimum Gasteiger partial charge on any atom is -0.264 e. The normalized spacial score (nSPS) is 11.8. The van der Waals surface area contributed by atoms with Crippen molar-refractivity contribution < 1.29 is 12.8 Å². The number of hydrogen-bond acceptors (Lipinski definition) is 3. The summed E-state index contributed by atoms with van der Waals surface area (Å²) in [5.74, 6) is -0.597. The SMILES string of the molecule is CN(Cc1cccnc1)S(=O)(=O)c1ccc(F)c(CCl)c1. The number of sulfonamides is 1. The Balaban J connectivity index is 2.29. The highest BCUT2D eigenvalue weighted by Crippen LogP contribution is 2.20. The Morgan fingerprint density at radius 3 is 2.71 bits per heavy atom. The number of halogens is 2. The molecule has 0 fully saturated rings. The van der Waals surface area contributed by atoms with Gasteiger partial charge in [0.05, 0.1) is 10.8 Å². The number of benzene rings is 1. The molecule has 0 aliphatic rings. The molecule has 0 N–H and O–H groups in total. The lowest BCUT2D eigenvalue weighted by Gasteiger charge is -2.17. The predicted molar refractivity (Wildman–Crippen MR) is 78.8 cm³/mol. The maximum Gasteiger partial charge on any atom is 0.243 e. The third-order valence-electron chi connectivity index (χ3n) is 3.00. The highest BCUT2D eigenvalue weighted by molar-refractivity contribution is 7.89. The minimum absolute atomic E-state index is 0.0194. The van der Waals surface area contributed by atoms with E-state index < -0.39 is 15.8 Å². The largest absolute Gasteiger partial charge is 0.264 e. The number of alkyl halides is 1. The summed E-state index contributed by atoms with van der Waals surface area (Å²) in [6, 6.07) is 7.13. The summed E-state index contributed by atoms with van der Waals surface area (Å²) in [5.41, 5.74) is 0.927. The van der Waals surface area contributed by atoms with E-state index in [0.717, 1.165) is 11.6 Å². The molecule has 0 saturated carbocycles. The summed E-state index contributed by atoms with van der Waals surface area (Å²) >= 11 is 5.61. The third-order valence-corrected chi connectivity index (χ3v) is 5.08. The Morgan fingerprint density at radius 2 is 2.10 bits per heavy atom. The van der Waals surface area contributed by atoms with Gasteiger partial charge in [-0.25, -0.2) is 12.8 Å². The molecular formula is C14H14ClFN2O2S. The van der Waals surface area contributed by atoms with E-state index in [2.05, 4.69) is 4.98 Å². The Labute approximate surface area is 128 Å². The van der Waals surface area contributed by atoms with Crippen molar-refractivity contribution in [1.82, 2.24) is 9.29 Å². The van der Waals surface area contributed by atoms with Gasteiger partial charge in [0, 0.05) is 31.5 Å². The van der Waals surface area contributed by atoms with Gasteiger partial charge in [0.15, 0.2) is 0 Å². The van der Waals surface area contributed by atoms with Gasteiger partial charge >= 0.3 is 0 Å². The molecular weight excluding hydrogens is 315 g/mol. The van der Waals surface area contributed by atoms with E-state index in [9.17, 15) is 12.8 Å². The minimum atomic E-state index is -3.71. The average Bonchev–Trinajstić information content (AvgIpc) is 2.48. The van der Waals surface area contributed by atoms with E-state index in [0.29, 0.717) is 0 Å². The van der Waals surface area contributed by atoms with Crippen LogP contribution in [0.3, 0.4) is 0 Å². The van der Waals surface area contributed by atoms with Gasteiger partial charge in [-0.2, -0.15) is 4.31 Å². The molecule has 4 nitrogen and oxygen atoms in total. The summed E-state index contributed by atoms with van der Waals surface area (Å²) < 4.78 is 39.5. The summed E-state index contributed by atoms with van der Waals surface area (Å²) in [6.07, 6.45) is 3.21. The van der Waals surface area contributed by atoms with Gasteiger partial charge in [-0.3, -0.25) is 4.98 Å². The first-order valence-corrected chi connectivity index (χ1v) is 8.12. The lowest BCUT2D eigenvalue weighted by molar-refractivity contribution is 0.466. The number of hydrogen-bond donors (Lipinski definition) is 0. The van der Waals surface area contributed by atoms with E-state index in [1.165, 1.54) is 23.5 Å². The second kappa shape index (κ2) is 6.51. The number of rotatable bonds is 5. The van der Waals surface area contributed by atoms with Crippen LogP contribution < -0.4 is 0 Å². The van der Waals surface area contributed by atoms with Crippen LogP contribution in [0, 0.1) is 5.82 Å². The molecule has 1 heterocycles. The van der Waals surface area contributed by atoms with Crippen molar-refractivity contribution in [3.05, 3.63) is 59.7 Å². The molecule has 0 unspecified atom stereocenters. The molecule has 0 spiro atoms. The topological polar surface area (TPSA) is 50.3 Å². The summed E-state index contributed by atoms with van der Waals surface area (Å²) in [5, 5.41) is 0. The van der Waals surface area contributed by atoms with Gasteiger partial charge in [0.2, 0.25) is 10.0 Å². The summed E-state index contributed by atoms with van der Waals surface area (Å²) in [4.78, 5) is 3.96. The van der Waals surface area contributed by atoms with Crippen LogP contribution in [0.5, 0.6) is 0 Å². The molecule has 0 radical (unpaired) electrons. The first kappa shape index (κ1) is 15.9. The van der Waals surface area contributed by atoms with Crippen LogP contribution in [0.15, 0.2) is 47.6 Å². The van der Waals surface area contributed by atoms with E-state index in [1.807, 2.05) is 0 Å². The van der Waals surface area contributed by atoms with Crippen LogP contribution in [-0.2, 0) is 22.4 Å². The van der Waals surface area contributed by atoms with Crippen molar-refractivity contribution in [3.63, 3.8) is 0 Å². The fourth-order valence-electron chi connectivity index (χ4n) is 1.83. The van der Waals surface area contributed by atoms with E-state index in [1.54, 1.807) is 24.5 Å². The molecule has 1 aromatic carbocycles. The van der Waals surface area contributed by atoms with E-state index in [-0.39, 0.29) is 22.9 Å². The molecule has 0 bridgehead atoms. The van der Waals surface area contributed by atoms with Gasteiger partial charge in [-0.1, -0.05) is 6.07 Å². The molecule has 1 aromatic heterocycles. The fourth-order valence-corrected chi connectivity index (χ4v) is 3.24. The number of pyridine rings is 1. The van der Waals surface area contributed by atoms with Crippen LogP contribution in [-0.4, -0.2) is 24.8 Å². The molecule has 2 aromatic rings. The lowest BCUT2D eigenvalue weighted by Crippen LogP contribution is -2.26. The van der Waals surface area contributed by atoms with Crippen LogP contribution in [0.25, 0.3) is 0 Å². The average molecular weight is 329 g/mol. The predicted octanol–water partition coefficient (Wildman–Crippen LogP) is 2.78. The van der Waals surface area contributed by atoms with Crippen molar-refractivity contribution in [2.75, 3.05) is 7.05 Å². The molecule has 2 rings (SSSR count). The summed E-state index contributed by atoms with van der Waals surface area (Å²) in [6.45, 7) is 0.184. The number of aromatic nitrogens is 1. The van der Waals surface area contributed by atoms with Gasteiger partial charge < -0.3 is 0 Å². The monoisotopic (exact) mass is 328 g/mol. The fraction of sp³-hybridized carbons (Fsp3) is 0.214. The quantitative estimate of drug-likeness (QED) is 0.793. The van der Waals surface area contributed by atoms with Gasteiger partial charge in [0.1, 0.15) is 5.82 Å². The molecule has 112 valence electrons. The maximum absolute atomic E-state index is 13.4. The van der Waals surface area contributed by atoms with Crippen LogP contribution in [0.1, 0.15) is 11.1 Å². The maximum atomic E-state index is 13.4. The zero-order chi connectivity index (χ0) is 15.5. The van der Waals surface area contributed by atoms with Crippen molar-refractivity contribution in [1.29, 1.82) is 0 Å². The molecule has 7 heteroatoms. The van der Waals surface area contributed by atoms with Crippen molar-refractivity contribution in [2.45, 2.75) is 17.3 Å². The van der Waals surface area contributed by atoms with Crippen molar-refractivity contribution in [3.8, 4) is 0 Å². The molecule has 0 aliphatic heterocycles. The van der Waals surface area contributed by atoms with Gasteiger partial charge in [-0.15, -0.1) is 11.6 Å². The molecule has 21 heavy (non-hydrogen) atoms. The smallest absolute Gasteiger partial charge is 0.243 e. The van der Waals surface area contributed by atoms with Crippen molar-refractivity contribution in [2.24, 2.45) is 0 Å². The lowest BCUT2D eigenvalue weighted by atomic mass is 10.2. The first-order valence-electron chi connectivity index (χ1n) is 6.15. The third kappa shape index (κ3) is 3.58. The number of nitrogens with zero attached hydrogens (tertiary/aromatic N) is 2. The van der Waals surface area contributed by atoms with Gasteiger partial charge in [-0.05, 0) is 29.8 Å². The van der Waals surface area contributed by atoms with Crippen molar-refractivity contribution >= 4 is 21.6 Å². The molecule has 0 aliphatic carbocycles. The first-order chi connectivity index (χ1) is 9.95. The van der Waals surface area contributed by atoms with Crippen LogP contribution >= 0.6 is 11.6 Å². The van der Waals surface area contributed by atoms with E-state index >= 15 is 0 Å². The Morgan fingerprint density at radius 1 is 1.33 bits per heavy atom.